The van der Waals surface area contributed by atoms with Gasteiger partial charge in [-0.3, -0.25) is 4.90 Å². The maximum atomic E-state index is 6.37. The van der Waals surface area contributed by atoms with E-state index < -0.39 is 0 Å². The molecule has 2 aromatic heterocycles. The summed E-state index contributed by atoms with van der Waals surface area (Å²) in [5, 5.41) is 0. The molecule has 1 saturated heterocycles. The van der Waals surface area contributed by atoms with Crippen LogP contribution in [-0.2, 0) is 24.4 Å². The van der Waals surface area contributed by atoms with E-state index in [0.717, 1.165) is 61.0 Å². The van der Waals surface area contributed by atoms with Crippen molar-refractivity contribution in [3.63, 3.8) is 0 Å². The number of pyridine rings is 1. The maximum absolute atomic E-state index is 6.37. The standard InChI is InChI=1S/C23H26N4O3/c1-28-19-7-3-5-17(11-19)20-12-25-21-14-30-23(16-27(20)21)8-10-26(15-23)13-18-6-4-9-24-22(18)29-2/h3-7,9,11-12H,8,10,13-16H2,1-2H3/t23-/m0/s1. The van der Waals surface area contributed by atoms with Crippen molar-refractivity contribution in [2.24, 2.45) is 0 Å². The molecule has 7 nitrogen and oxygen atoms in total. The Hall–Kier alpha value is -2.90. The number of aromatic nitrogens is 3. The van der Waals surface area contributed by atoms with Crippen molar-refractivity contribution in [1.29, 1.82) is 0 Å². The van der Waals surface area contributed by atoms with Crippen LogP contribution in [0.25, 0.3) is 11.3 Å². The fourth-order valence-corrected chi connectivity index (χ4v) is 4.55. The number of benzene rings is 1. The summed E-state index contributed by atoms with van der Waals surface area (Å²) in [4.78, 5) is 11.4. The molecule has 0 saturated carbocycles. The predicted molar refractivity (Wildman–Crippen MR) is 112 cm³/mol. The number of hydrogen-bond donors (Lipinski definition) is 0. The van der Waals surface area contributed by atoms with Gasteiger partial charge in [0.05, 0.1) is 32.7 Å². The molecule has 1 atom stereocenters. The van der Waals surface area contributed by atoms with Gasteiger partial charge in [-0.05, 0) is 24.6 Å². The largest absolute Gasteiger partial charge is 0.497 e. The van der Waals surface area contributed by atoms with E-state index in [1.54, 1.807) is 20.4 Å². The van der Waals surface area contributed by atoms with Crippen LogP contribution in [0.15, 0.2) is 48.8 Å². The van der Waals surface area contributed by atoms with E-state index in [2.05, 4.69) is 37.6 Å². The monoisotopic (exact) mass is 406 g/mol. The summed E-state index contributed by atoms with van der Waals surface area (Å²) in [6, 6.07) is 12.2. The van der Waals surface area contributed by atoms with E-state index in [9.17, 15) is 0 Å². The van der Waals surface area contributed by atoms with E-state index in [1.807, 2.05) is 24.4 Å². The Balaban J connectivity index is 1.36. The Morgan fingerprint density at radius 1 is 1.10 bits per heavy atom. The minimum Gasteiger partial charge on any atom is -0.497 e. The first-order valence-corrected chi connectivity index (χ1v) is 10.2. The summed E-state index contributed by atoms with van der Waals surface area (Å²) >= 11 is 0. The quantitative estimate of drug-likeness (QED) is 0.649. The van der Waals surface area contributed by atoms with Crippen LogP contribution < -0.4 is 9.47 Å². The van der Waals surface area contributed by atoms with E-state index in [1.165, 1.54) is 0 Å². The second-order valence-corrected chi connectivity index (χ2v) is 7.98. The minimum atomic E-state index is -0.198. The fraction of sp³-hybridized carbons (Fsp3) is 0.391. The molecule has 1 aromatic carbocycles. The molecule has 0 bridgehead atoms. The molecule has 2 aliphatic rings. The smallest absolute Gasteiger partial charge is 0.217 e. The molecule has 5 rings (SSSR count). The van der Waals surface area contributed by atoms with Gasteiger partial charge in [-0.15, -0.1) is 0 Å². The number of hydrogen-bond acceptors (Lipinski definition) is 6. The van der Waals surface area contributed by atoms with Crippen molar-refractivity contribution in [2.75, 3.05) is 27.3 Å². The molecule has 0 amide bonds. The molecule has 0 aliphatic carbocycles. The summed E-state index contributed by atoms with van der Waals surface area (Å²) < 4.78 is 19.5. The number of ether oxygens (including phenoxy) is 3. The van der Waals surface area contributed by atoms with Gasteiger partial charge >= 0.3 is 0 Å². The van der Waals surface area contributed by atoms with Crippen LogP contribution in [0.3, 0.4) is 0 Å². The summed E-state index contributed by atoms with van der Waals surface area (Å²) in [7, 11) is 3.36. The topological polar surface area (TPSA) is 61.6 Å². The number of likely N-dealkylation sites (tertiary alicyclic amines) is 1. The zero-order chi connectivity index (χ0) is 20.6. The van der Waals surface area contributed by atoms with Crippen molar-refractivity contribution in [2.45, 2.75) is 31.7 Å². The van der Waals surface area contributed by atoms with Gasteiger partial charge in [0, 0.05) is 37.0 Å². The highest BCUT2D eigenvalue weighted by Crippen LogP contribution is 2.36. The molecule has 0 radical (unpaired) electrons. The summed E-state index contributed by atoms with van der Waals surface area (Å²) in [5.74, 6) is 2.52. The van der Waals surface area contributed by atoms with Crippen LogP contribution in [0.1, 0.15) is 17.8 Å². The third-order valence-corrected chi connectivity index (χ3v) is 6.09. The lowest BCUT2D eigenvalue weighted by atomic mass is 10.0. The molecule has 30 heavy (non-hydrogen) atoms. The van der Waals surface area contributed by atoms with Crippen LogP contribution in [0.4, 0.5) is 0 Å². The van der Waals surface area contributed by atoms with Crippen molar-refractivity contribution in [1.82, 2.24) is 19.4 Å². The molecule has 1 fully saturated rings. The lowest BCUT2D eigenvalue weighted by molar-refractivity contribution is -0.0821. The van der Waals surface area contributed by atoms with Crippen molar-refractivity contribution in [3.8, 4) is 22.9 Å². The Morgan fingerprint density at radius 2 is 2.03 bits per heavy atom. The first-order chi connectivity index (χ1) is 14.7. The Morgan fingerprint density at radius 3 is 2.90 bits per heavy atom. The molecule has 0 N–H and O–H groups in total. The molecular formula is C23H26N4O3. The SMILES string of the molecule is COc1cccc(-c2cnc3n2C[C@@]2(CCN(Cc4cccnc4OC)C2)OC3)c1. The highest BCUT2D eigenvalue weighted by molar-refractivity contribution is 5.61. The van der Waals surface area contributed by atoms with E-state index in [0.29, 0.717) is 12.5 Å². The van der Waals surface area contributed by atoms with Crippen molar-refractivity contribution < 1.29 is 14.2 Å². The van der Waals surface area contributed by atoms with Gasteiger partial charge in [0.1, 0.15) is 23.8 Å². The minimum absolute atomic E-state index is 0.198. The highest BCUT2D eigenvalue weighted by Gasteiger charge is 2.43. The molecular weight excluding hydrogens is 380 g/mol. The van der Waals surface area contributed by atoms with E-state index in [4.69, 9.17) is 14.2 Å². The van der Waals surface area contributed by atoms with Crippen LogP contribution in [0, 0.1) is 0 Å². The van der Waals surface area contributed by atoms with Gasteiger partial charge in [0.15, 0.2) is 0 Å². The first kappa shape index (κ1) is 19.1. The summed E-state index contributed by atoms with van der Waals surface area (Å²) in [5.41, 5.74) is 3.13. The lowest BCUT2D eigenvalue weighted by Crippen LogP contribution is -2.44. The first-order valence-electron chi connectivity index (χ1n) is 10.2. The summed E-state index contributed by atoms with van der Waals surface area (Å²) in [6.07, 6.45) is 4.70. The number of imidazole rings is 1. The van der Waals surface area contributed by atoms with Crippen molar-refractivity contribution in [3.05, 3.63) is 60.2 Å². The van der Waals surface area contributed by atoms with Gasteiger partial charge in [-0.1, -0.05) is 18.2 Å². The lowest BCUT2D eigenvalue weighted by Gasteiger charge is -2.35. The van der Waals surface area contributed by atoms with Gasteiger partial charge in [-0.25, -0.2) is 9.97 Å². The van der Waals surface area contributed by atoms with E-state index >= 15 is 0 Å². The molecule has 156 valence electrons. The third kappa shape index (κ3) is 3.44. The summed E-state index contributed by atoms with van der Waals surface area (Å²) in [6.45, 7) is 4.00. The molecule has 3 aromatic rings. The number of rotatable bonds is 5. The molecule has 1 spiro atoms. The van der Waals surface area contributed by atoms with Gasteiger partial charge in [0.2, 0.25) is 5.88 Å². The van der Waals surface area contributed by atoms with Crippen molar-refractivity contribution >= 4 is 0 Å². The number of methoxy groups -OCH3 is 2. The molecule has 0 unspecified atom stereocenters. The zero-order valence-corrected chi connectivity index (χ0v) is 17.4. The normalized spacial score (nSPS) is 21.0. The van der Waals surface area contributed by atoms with Gasteiger partial charge in [0.25, 0.3) is 0 Å². The Labute approximate surface area is 176 Å². The van der Waals surface area contributed by atoms with Gasteiger partial charge < -0.3 is 18.8 Å². The Kier molecular flexibility index (Phi) is 4.92. The number of fused-ring (bicyclic) bond motifs is 1. The third-order valence-electron chi connectivity index (χ3n) is 6.09. The van der Waals surface area contributed by atoms with Gasteiger partial charge in [-0.2, -0.15) is 0 Å². The average Bonchev–Trinajstić information content (AvgIpc) is 3.38. The number of nitrogens with zero attached hydrogens (tertiary/aromatic N) is 4. The molecule has 4 heterocycles. The maximum Gasteiger partial charge on any atom is 0.217 e. The highest BCUT2D eigenvalue weighted by atomic mass is 16.5. The van der Waals surface area contributed by atoms with Crippen LogP contribution >= 0.6 is 0 Å². The average molecular weight is 406 g/mol. The predicted octanol–water partition coefficient (Wildman–Crippen LogP) is 3.14. The van der Waals surface area contributed by atoms with Crippen LogP contribution in [0.2, 0.25) is 0 Å². The van der Waals surface area contributed by atoms with Crippen LogP contribution in [-0.4, -0.2) is 52.3 Å². The second kappa shape index (κ2) is 7.74. The molecule has 7 heteroatoms. The zero-order valence-electron chi connectivity index (χ0n) is 17.4. The second-order valence-electron chi connectivity index (χ2n) is 7.98. The Bertz CT molecular complexity index is 1050. The fourth-order valence-electron chi connectivity index (χ4n) is 4.55. The van der Waals surface area contributed by atoms with E-state index in [-0.39, 0.29) is 5.60 Å². The van der Waals surface area contributed by atoms with Crippen LogP contribution in [0.5, 0.6) is 11.6 Å². The molecule has 2 aliphatic heterocycles.